The fraction of sp³-hybridized carbons (Fsp3) is 0.231. The molecule has 0 heterocycles. The van der Waals surface area contributed by atoms with Crippen LogP contribution >= 0.6 is 0 Å². The Hall–Kier alpha value is -2.90. The number of carboxylic acids is 1. The van der Waals surface area contributed by atoms with Crippen LogP contribution in [0.3, 0.4) is 0 Å². The van der Waals surface area contributed by atoms with Gasteiger partial charge in [0.2, 0.25) is 11.8 Å². The normalized spacial score (nSPS) is 11.3. The summed E-state index contributed by atoms with van der Waals surface area (Å²) in [6.45, 7) is 1.35. The summed E-state index contributed by atoms with van der Waals surface area (Å²) in [5.74, 6) is -3.08. The van der Waals surface area contributed by atoms with Gasteiger partial charge in [-0.1, -0.05) is 0 Å². The third-order valence-corrected chi connectivity index (χ3v) is 2.48. The minimum absolute atomic E-state index is 0.194. The van der Waals surface area contributed by atoms with Crippen molar-refractivity contribution in [2.45, 2.75) is 19.4 Å². The number of nitrogens with one attached hydrogen (secondary N) is 2. The summed E-state index contributed by atoms with van der Waals surface area (Å²) in [4.78, 5) is 44.4. The van der Waals surface area contributed by atoms with E-state index in [1.807, 2.05) is 0 Å². The molecule has 1 rings (SSSR count). The summed E-state index contributed by atoms with van der Waals surface area (Å²) >= 11 is 0. The van der Waals surface area contributed by atoms with Gasteiger partial charge in [-0.25, -0.2) is 4.79 Å². The van der Waals surface area contributed by atoms with E-state index in [0.717, 1.165) is 0 Å². The molecular formula is C13H15N3O5. The van der Waals surface area contributed by atoms with Crippen molar-refractivity contribution in [1.29, 1.82) is 0 Å². The predicted molar refractivity (Wildman–Crippen MR) is 73.4 cm³/mol. The third kappa shape index (κ3) is 5.31. The number of benzene rings is 1. The molecule has 3 amide bonds. The van der Waals surface area contributed by atoms with Crippen LogP contribution in [0.4, 0.5) is 5.69 Å². The molecule has 0 spiro atoms. The van der Waals surface area contributed by atoms with Crippen LogP contribution < -0.4 is 16.4 Å². The second-order valence-electron chi connectivity index (χ2n) is 4.29. The van der Waals surface area contributed by atoms with Gasteiger partial charge in [-0.05, 0) is 24.3 Å². The Balaban J connectivity index is 2.76. The van der Waals surface area contributed by atoms with Crippen molar-refractivity contribution >= 4 is 29.4 Å². The number of rotatable bonds is 6. The van der Waals surface area contributed by atoms with Gasteiger partial charge in [0.15, 0.2) is 0 Å². The van der Waals surface area contributed by atoms with Crippen molar-refractivity contribution < 1.29 is 24.3 Å². The zero-order valence-corrected chi connectivity index (χ0v) is 11.3. The lowest BCUT2D eigenvalue weighted by molar-refractivity contribution is -0.140. The maximum absolute atomic E-state index is 11.9. The summed E-state index contributed by atoms with van der Waals surface area (Å²) in [6.07, 6.45) is -0.495. The molecule has 8 heteroatoms. The second-order valence-corrected chi connectivity index (χ2v) is 4.29. The number of carbonyl (C=O) groups excluding carboxylic acids is 3. The number of carboxylic acid groups (broad SMARTS) is 1. The average Bonchev–Trinajstić information content (AvgIpc) is 2.37. The Morgan fingerprint density at radius 3 is 2.19 bits per heavy atom. The van der Waals surface area contributed by atoms with E-state index >= 15 is 0 Å². The van der Waals surface area contributed by atoms with Crippen molar-refractivity contribution in [3.8, 4) is 0 Å². The first-order valence-electron chi connectivity index (χ1n) is 5.99. The monoisotopic (exact) mass is 293 g/mol. The lowest BCUT2D eigenvalue weighted by Gasteiger charge is -2.13. The Morgan fingerprint density at radius 1 is 1.19 bits per heavy atom. The predicted octanol–water partition coefficient (Wildman–Crippen LogP) is -0.297. The zero-order chi connectivity index (χ0) is 16.0. The molecule has 21 heavy (non-hydrogen) atoms. The van der Waals surface area contributed by atoms with E-state index < -0.39 is 30.2 Å². The lowest BCUT2D eigenvalue weighted by atomic mass is 10.1. The van der Waals surface area contributed by atoms with Gasteiger partial charge in [0.25, 0.3) is 5.91 Å². The number of hydrogen-bond acceptors (Lipinski definition) is 4. The highest BCUT2D eigenvalue weighted by molar-refractivity contribution is 5.98. The van der Waals surface area contributed by atoms with Gasteiger partial charge in [-0.2, -0.15) is 0 Å². The number of nitrogens with two attached hydrogens (primary N) is 1. The average molecular weight is 293 g/mol. The number of aliphatic carboxylic acids is 1. The first-order chi connectivity index (χ1) is 9.79. The highest BCUT2D eigenvalue weighted by Gasteiger charge is 2.22. The molecule has 1 unspecified atom stereocenters. The van der Waals surface area contributed by atoms with E-state index in [2.05, 4.69) is 10.6 Å². The maximum atomic E-state index is 11.9. The SMILES string of the molecule is CC(=O)Nc1ccc(C(=O)NC(CC(N)=O)C(=O)O)cc1. The number of hydrogen-bond donors (Lipinski definition) is 4. The molecule has 0 aliphatic heterocycles. The van der Waals surface area contributed by atoms with E-state index in [1.54, 1.807) is 0 Å². The molecule has 112 valence electrons. The number of carbonyl (C=O) groups is 4. The molecule has 0 aliphatic carbocycles. The van der Waals surface area contributed by atoms with Crippen LogP contribution in [0.5, 0.6) is 0 Å². The topological polar surface area (TPSA) is 139 Å². The van der Waals surface area contributed by atoms with Gasteiger partial charge in [-0.3, -0.25) is 14.4 Å². The zero-order valence-electron chi connectivity index (χ0n) is 11.3. The number of primary amides is 1. The summed E-state index contributed by atoms with van der Waals surface area (Å²) in [5.41, 5.74) is 5.62. The molecule has 1 aromatic carbocycles. The van der Waals surface area contributed by atoms with Crippen LogP contribution in [0.2, 0.25) is 0 Å². The van der Waals surface area contributed by atoms with E-state index in [0.29, 0.717) is 5.69 Å². The van der Waals surface area contributed by atoms with Crippen molar-refractivity contribution in [3.05, 3.63) is 29.8 Å². The highest BCUT2D eigenvalue weighted by atomic mass is 16.4. The van der Waals surface area contributed by atoms with Crippen LogP contribution in [-0.2, 0) is 14.4 Å². The Bertz CT molecular complexity index is 568. The molecule has 0 fully saturated rings. The Kier molecular flexibility index (Phi) is 5.41. The van der Waals surface area contributed by atoms with Gasteiger partial charge < -0.3 is 21.5 Å². The van der Waals surface area contributed by atoms with Crippen LogP contribution in [0.15, 0.2) is 24.3 Å². The largest absolute Gasteiger partial charge is 0.480 e. The minimum atomic E-state index is -1.38. The molecule has 1 atom stereocenters. The molecule has 0 bridgehead atoms. The molecule has 0 saturated heterocycles. The summed E-state index contributed by atoms with van der Waals surface area (Å²) < 4.78 is 0. The molecule has 0 radical (unpaired) electrons. The molecule has 5 N–H and O–H groups in total. The second kappa shape index (κ2) is 7.04. The van der Waals surface area contributed by atoms with E-state index in [1.165, 1.54) is 31.2 Å². The molecular weight excluding hydrogens is 278 g/mol. The molecule has 0 aliphatic rings. The fourth-order valence-electron chi connectivity index (χ4n) is 1.55. The van der Waals surface area contributed by atoms with Gasteiger partial charge in [0.1, 0.15) is 6.04 Å². The lowest BCUT2D eigenvalue weighted by Crippen LogP contribution is -2.43. The summed E-state index contributed by atoms with van der Waals surface area (Å²) in [7, 11) is 0. The first-order valence-corrected chi connectivity index (χ1v) is 5.99. The molecule has 0 aromatic heterocycles. The maximum Gasteiger partial charge on any atom is 0.326 e. The van der Waals surface area contributed by atoms with E-state index in [-0.39, 0.29) is 11.5 Å². The van der Waals surface area contributed by atoms with Crippen LogP contribution in [0.1, 0.15) is 23.7 Å². The van der Waals surface area contributed by atoms with Crippen molar-refractivity contribution in [3.63, 3.8) is 0 Å². The number of anilines is 1. The molecule has 0 saturated carbocycles. The van der Waals surface area contributed by atoms with Crippen LogP contribution in [-0.4, -0.2) is 34.8 Å². The quantitative estimate of drug-likeness (QED) is 0.570. The van der Waals surface area contributed by atoms with Gasteiger partial charge in [0, 0.05) is 18.2 Å². The molecule has 8 nitrogen and oxygen atoms in total. The smallest absolute Gasteiger partial charge is 0.326 e. The first kappa shape index (κ1) is 16.2. The molecule has 1 aromatic rings. The fourth-order valence-corrected chi connectivity index (χ4v) is 1.55. The minimum Gasteiger partial charge on any atom is -0.480 e. The van der Waals surface area contributed by atoms with E-state index in [9.17, 15) is 19.2 Å². The summed E-state index contributed by atoms with van der Waals surface area (Å²) in [6, 6.07) is 4.46. The van der Waals surface area contributed by atoms with Crippen molar-refractivity contribution in [1.82, 2.24) is 5.32 Å². The summed E-state index contributed by atoms with van der Waals surface area (Å²) in [5, 5.41) is 13.6. The Morgan fingerprint density at radius 2 is 1.76 bits per heavy atom. The van der Waals surface area contributed by atoms with Crippen LogP contribution in [0, 0.1) is 0 Å². The van der Waals surface area contributed by atoms with Gasteiger partial charge in [0.05, 0.1) is 6.42 Å². The van der Waals surface area contributed by atoms with E-state index in [4.69, 9.17) is 10.8 Å². The van der Waals surface area contributed by atoms with Gasteiger partial charge in [-0.15, -0.1) is 0 Å². The van der Waals surface area contributed by atoms with Crippen molar-refractivity contribution in [2.75, 3.05) is 5.32 Å². The standard InChI is InChI=1S/C13H15N3O5/c1-7(17)15-9-4-2-8(3-5-9)12(19)16-10(13(20)21)6-11(14)18/h2-5,10H,6H2,1H3,(H2,14,18)(H,15,17)(H,16,19)(H,20,21). The Labute approximate surface area is 120 Å². The number of amides is 3. The van der Waals surface area contributed by atoms with Crippen molar-refractivity contribution in [2.24, 2.45) is 5.73 Å². The third-order valence-electron chi connectivity index (χ3n) is 2.48. The van der Waals surface area contributed by atoms with Gasteiger partial charge >= 0.3 is 5.97 Å². The van der Waals surface area contributed by atoms with Crippen LogP contribution in [0.25, 0.3) is 0 Å². The highest BCUT2D eigenvalue weighted by Crippen LogP contribution is 2.10.